The molecule has 31 heavy (non-hydrogen) atoms. The van der Waals surface area contributed by atoms with E-state index in [1.165, 1.54) is 16.0 Å². The van der Waals surface area contributed by atoms with Gasteiger partial charge >= 0.3 is 0 Å². The summed E-state index contributed by atoms with van der Waals surface area (Å²) in [5, 5.41) is 9.63. The molecule has 1 N–H and O–H groups in total. The van der Waals surface area contributed by atoms with E-state index < -0.39 is 0 Å². The quantitative estimate of drug-likeness (QED) is 0.466. The zero-order valence-corrected chi connectivity index (χ0v) is 18.4. The number of nitrogens with zero attached hydrogens (tertiary/aromatic N) is 4. The molecule has 0 aliphatic rings. The van der Waals surface area contributed by atoms with Crippen molar-refractivity contribution in [1.82, 2.24) is 14.8 Å². The number of rotatable bonds is 7. The average molecular weight is 434 g/mol. The van der Waals surface area contributed by atoms with Gasteiger partial charge in [-0.25, -0.2) is 0 Å². The molecule has 0 unspecified atom stereocenters. The number of hydrogen-bond donors (Lipinski definition) is 1. The van der Waals surface area contributed by atoms with Gasteiger partial charge in [0.1, 0.15) is 5.75 Å². The van der Waals surface area contributed by atoms with Gasteiger partial charge in [-0.15, -0.1) is 16.4 Å². The molecule has 2 aromatic heterocycles. The van der Waals surface area contributed by atoms with Crippen LogP contribution < -0.4 is 15.0 Å². The molecule has 0 aliphatic heterocycles. The Labute approximate surface area is 184 Å². The van der Waals surface area contributed by atoms with Gasteiger partial charge in [0, 0.05) is 31.9 Å². The fourth-order valence-corrected chi connectivity index (χ4v) is 3.68. The first-order valence-electron chi connectivity index (χ1n) is 9.75. The summed E-state index contributed by atoms with van der Waals surface area (Å²) >= 11 is 1.38. The number of hydrogen-bond acceptors (Lipinski definition) is 7. The Bertz CT molecular complexity index is 1150. The van der Waals surface area contributed by atoms with E-state index in [0.29, 0.717) is 23.2 Å². The fourth-order valence-electron chi connectivity index (χ4n) is 3.03. The van der Waals surface area contributed by atoms with Crippen molar-refractivity contribution in [2.24, 2.45) is 0 Å². The molecule has 2 aromatic carbocycles. The van der Waals surface area contributed by atoms with E-state index in [1.54, 1.807) is 13.2 Å². The summed E-state index contributed by atoms with van der Waals surface area (Å²) in [4.78, 5) is 20.3. The Morgan fingerprint density at radius 1 is 1.10 bits per heavy atom. The molecule has 2 heterocycles. The normalized spacial score (nSPS) is 10.7. The van der Waals surface area contributed by atoms with Crippen LogP contribution in [0.3, 0.4) is 0 Å². The molecule has 0 amide bonds. The van der Waals surface area contributed by atoms with Crippen molar-refractivity contribution in [2.45, 2.75) is 6.54 Å². The highest BCUT2D eigenvalue weighted by Crippen LogP contribution is 2.23. The predicted molar refractivity (Wildman–Crippen MR) is 124 cm³/mol. The maximum absolute atomic E-state index is 13.0. The van der Waals surface area contributed by atoms with Crippen molar-refractivity contribution < 1.29 is 9.53 Å². The van der Waals surface area contributed by atoms with Crippen LogP contribution in [0.15, 0.2) is 66.0 Å². The highest BCUT2D eigenvalue weighted by Gasteiger charge is 2.19. The smallest absolute Gasteiger partial charge is 0.291 e. The molecule has 0 saturated heterocycles. The summed E-state index contributed by atoms with van der Waals surface area (Å²) in [5.74, 6) is 1.41. The topological polar surface area (TPSA) is 72.3 Å². The standard InChI is InChI=1S/C23H23N5O2S/c1-27(2)18-10-6-16(7-11-18)15-24-23-25-21(17-8-12-19(30-3)13-9-17)26-28(23)22(29)20-5-4-14-31-20/h4-14H,15H2,1-3H3,(H,24,25,26). The minimum absolute atomic E-state index is 0.215. The van der Waals surface area contributed by atoms with E-state index in [2.05, 4.69) is 44.6 Å². The highest BCUT2D eigenvalue weighted by atomic mass is 32.1. The Kier molecular flexibility index (Phi) is 5.99. The minimum Gasteiger partial charge on any atom is -0.497 e. The van der Waals surface area contributed by atoms with E-state index in [9.17, 15) is 4.79 Å². The number of carbonyl (C=O) groups is 1. The third kappa shape index (κ3) is 4.59. The number of nitrogens with one attached hydrogen (secondary N) is 1. The summed E-state index contributed by atoms with van der Waals surface area (Å²) in [6.45, 7) is 0.520. The van der Waals surface area contributed by atoms with Crippen molar-refractivity contribution in [3.8, 4) is 17.1 Å². The van der Waals surface area contributed by atoms with Crippen LogP contribution in [0, 0.1) is 0 Å². The number of benzene rings is 2. The van der Waals surface area contributed by atoms with Gasteiger partial charge in [0.2, 0.25) is 5.95 Å². The molecule has 0 radical (unpaired) electrons. The Morgan fingerprint density at radius 3 is 2.45 bits per heavy atom. The zero-order valence-electron chi connectivity index (χ0n) is 17.6. The summed E-state index contributed by atoms with van der Waals surface area (Å²) in [6.07, 6.45) is 0. The van der Waals surface area contributed by atoms with E-state index >= 15 is 0 Å². The predicted octanol–water partition coefficient (Wildman–Crippen LogP) is 4.38. The van der Waals surface area contributed by atoms with E-state index in [1.807, 2.05) is 49.8 Å². The SMILES string of the molecule is COc1ccc(-c2nc(NCc3ccc(N(C)C)cc3)n(C(=O)c3cccs3)n2)cc1. The van der Waals surface area contributed by atoms with Gasteiger partial charge < -0.3 is 15.0 Å². The van der Waals surface area contributed by atoms with Gasteiger partial charge in [-0.2, -0.15) is 9.67 Å². The van der Waals surface area contributed by atoms with Crippen LogP contribution in [0.1, 0.15) is 15.2 Å². The molecule has 4 rings (SSSR count). The van der Waals surface area contributed by atoms with Gasteiger partial charge in [0.25, 0.3) is 5.91 Å². The minimum atomic E-state index is -0.215. The van der Waals surface area contributed by atoms with E-state index in [-0.39, 0.29) is 5.91 Å². The molecule has 7 nitrogen and oxygen atoms in total. The van der Waals surface area contributed by atoms with Crippen molar-refractivity contribution in [1.29, 1.82) is 0 Å². The Balaban J connectivity index is 1.62. The van der Waals surface area contributed by atoms with Gasteiger partial charge in [-0.3, -0.25) is 4.79 Å². The number of aromatic nitrogens is 3. The van der Waals surface area contributed by atoms with Crippen LogP contribution in [-0.2, 0) is 6.54 Å². The van der Waals surface area contributed by atoms with Crippen LogP contribution >= 0.6 is 11.3 Å². The van der Waals surface area contributed by atoms with Crippen LogP contribution in [0.25, 0.3) is 11.4 Å². The molecule has 0 bridgehead atoms. The van der Waals surface area contributed by atoms with Gasteiger partial charge in [-0.05, 0) is 53.4 Å². The first kappa shape index (κ1) is 20.6. The first-order chi connectivity index (χ1) is 15.0. The molecule has 0 fully saturated rings. The lowest BCUT2D eigenvalue weighted by atomic mass is 10.2. The average Bonchev–Trinajstić information content (AvgIpc) is 3.48. The molecule has 4 aromatic rings. The molecule has 0 spiro atoms. The van der Waals surface area contributed by atoms with E-state index in [0.717, 1.165) is 22.6 Å². The molecule has 0 saturated carbocycles. The molecule has 0 atom stereocenters. The lowest BCUT2D eigenvalue weighted by Crippen LogP contribution is -2.16. The number of methoxy groups -OCH3 is 1. The van der Waals surface area contributed by atoms with Gasteiger partial charge in [0.05, 0.1) is 12.0 Å². The summed E-state index contributed by atoms with van der Waals surface area (Å²) in [6, 6.07) is 19.3. The Morgan fingerprint density at radius 2 is 1.84 bits per heavy atom. The Hall–Kier alpha value is -3.65. The first-order valence-corrected chi connectivity index (χ1v) is 10.6. The van der Waals surface area contributed by atoms with Crippen LogP contribution in [0.5, 0.6) is 5.75 Å². The summed E-state index contributed by atoms with van der Waals surface area (Å²) < 4.78 is 6.55. The lowest BCUT2D eigenvalue weighted by Gasteiger charge is -2.13. The molecular weight excluding hydrogens is 410 g/mol. The second-order valence-corrected chi connectivity index (χ2v) is 8.04. The fraction of sp³-hybridized carbons (Fsp3) is 0.174. The maximum atomic E-state index is 13.0. The monoisotopic (exact) mass is 433 g/mol. The maximum Gasteiger partial charge on any atom is 0.291 e. The van der Waals surface area contributed by atoms with Crippen LogP contribution in [0.2, 0.25) is 0 Å². The lowest BCUT2D eigenvalue weighted by molar-refractivity contribution is 0.0951. The number of thiophene rings is 1. The highest BCUT2D eigenvalue weighted by molar-refractivity contribution is 7.12. The second-order valence-electron chi connectivity index (χ2n) is 7.10. The number of anilines is 2. The van der Waals surface area contributed by atoms with Gasteiger partial charge in [0.15, 0.2) is 5.82 Å². The summed E-state index contributed by atoms with van der Waals surface area (Å²) in [7, 11) is 5.63. The molecule has 158 valence electrons. The van der Waals surface area contributed by atoms with Crippen molar-refractivity contribution >= 4 is 28.9 Å². The third-order valence-electron chi connectivity index (χ3n) is 4.78. The van der Waals surface area contributed by atoms with E-state index in [4.69, 9.17) is 4.74 Å². The van der Waals surface area contributed by atoms with Crippen LogP contribution in [-0.4, -0.2) is 41.9 Å². The largest absolute Gasteiger partial charge is 0.497 e. The second kappa shape index (κ2) is 9.01. The van der Waals surface area contributed by atoms with Crippen LogP contribution in [0.4, 0.5) is 11.6 Å². The number of ether oxygens (including phenoxy) is 1. The van der Waals surface area contributed by atoms with Gasteiger partial charge in [-0.1, -0.05) is 18.2 Å². The third-order valence-corrected chi connectivity index (χ3v) is 5.64. The molecule has 8 heteroatoms. The van der Waals surface area contributed by atoms with Crippen molar-refractivity contribution in [3.63, 3.8) is 0 Å². The zero-order chi connectivity index (χ0) is 21.8. The van der Waals surface area contributed by atoms with Crippen molar-refractivity contribution in [3.05, 3.63) is 76.5 Å². The molecule has 0 aliphatic carbocycles. The van der Waals surface area contributed by atoms with Crippen molar-refractivity contribution in [2.75, 3.05) is 31.4 Å². The molecular formula is C23H23N5O2S. The summed E-state index contributed by atoms with van der Waals surface area (Å²) in [5.41, 5.74) is 3.01. The number of carbonyl (C=O) groups excluding carboxylic acids is 1.